The number of benzene rings is 2. The number of nitrogens with zero attached hydrogens (tertiary/aromatic N) is 1. The number of esters is 1. The Morgan fingerprint density at radius 3 is 2.27 bits per heavy atom. The molecule has 0 bridgehead atoms. The largest absolute Gasteiger partial charge is 0.493 e. The molecule has 0 fully saturated rings. The van der Waals surface area contributed by atoms with Gasteiger partial charge in [0.2, 0.25) is 12.5 Å². The van der Waals surface area contributed by atoms with Crippen molar-refractivity contribution < 1.29 is 46.4 Å². The minimum Gasteiger partial charge on any atom is -0.493 e. The van der Waals surface area contributed by atoms with E-state index in [9.17, 15) is 18.0 Å². The van der Waals surface area contributed by atoms with Crippen LogP contribution in [0.2, 0.25) is 0 Å². The second-order valence-electron chi connectivity index (χ2n) is 8.12. The summed E-state index contributed by atoms with van der Waals surface area (Å²) in [4.78, 5) is 13.2. The predicted octanol–water partition coefficient (Wildman–Crippen LogP) is 3.90. The molecule has 2 aromatic rings. The summed E-state index contributed by atoms with van der Waals surface area (Å²) in [7, 11) is 5.64. The first-order valence-corrected chi connectivity index (χ1v) is 11.1. The second kappa shape index (κ2) is 10.5. The molecule has 0 saturated heterocycles. The van der Waals surface area contributed by atoms with E-state index in [2.05, 4.69) is 5.10 Å². The van der Waals surface area contributed by atoms with Crippen molar-refractivity contribution in [3.05, 3.63) is 46.5 Å². The van der Waals surface area contributed by atoms with E-state index in [1.165, 1.54) is 34.7 Å². The van der Waals surface area contributed by atoms with E-state index in [1.807, 2.05) is 5.43 Å². The number of carbonyl (C=O) groups excluding carboxylic acids is 1. The number of hydrogen-bond donors (Lipinski definition) is 1. The molecule has 1 heterocycles. The van der Waals surface area contributed by atoms with Crippen molar-refractivity contribution in [1.82, 2.24) is 5.43 Å². The number of rotatable bonds is 8. The number of hydrazone groups is 1. The fraction of sp³-hybridized carbons (Fsp3) is 0.360. The topological polar surface area (TPSA) is 96.8 Å². The molecular weight excluding hydrogens is 497 g/mol. The van der Waals surface area contributed by atoms with Crippen LogP contribution in [0.3, 0.4) is 0 Å². The van der Waals surface area contributed by atoms with Gasteiger partial charge in [-0.15, -0.1) is 0 Å². The predicted molar refractivity (Wildman–Crippen MR) is 127 cm³/mol. The molecule has 2 aliphatic rings. The van der Waals surface area contributed by atoms with Gasteiger partial charge in [-0.1, -0.05) is 0 Å². The van der Waals surface area contributed by atoms with Crippen molar-refractivity contribution >= 4 is 18.3 Å². The fourth-order valence-corrected chi connectivity index (χ4v) is 4.43. The van der Waals surface area contributed by atoms with E-state index in [1.54, 1.807) is 30.3 Å². The molecule has 9 nitrogen and oxygen atoms in total. The SMILES string of the molecule is COC(=O)[C@@H]1C(/C=N/NCC(F)(F)F)=Cc2cc3c(cc2[C@H]1c1cc(OC)c(OC)c(OC)c1)OCO3. The van der Waals surface area contributed by atoms with Gasteiger partial charge < -0.3 is 33.8 Å². The third kappa shape index (κ3) is 5.23. The number of ether oxygens (including phenoxy) is 6. The maximum absolute atomic E-state index is 13.2. The van der Waals surface area contributed by atoms with Crippen LogP contribution < -0.4 is 29.1 Å². The average Bonchev–Trinajstić information content (AvgIpc) is 3.34. The number of hydrogen-bond acceptors (Lipinski definition) is 9. The van der Waals surface area contributed by atoms with Crippen LogP contribution in [0.1, 0.15) is 22.6 Å². The van der Waals surface area contributed by atoms with Crippen LogP contribution in [0.4, 0.5) is 13.2 Å². The molecule has 12 heteroatoms. The van der Waals surface area contributed by atoms with Crippen LogP contribution in [0.25, 0.3) is 6.08 Å². The quantitative estimate of drug-likeness (QED) is 0.317. The van der Waals surface area contributed by atoms with Gasteiger partial charge in [0.15, 0.2) is 23.0 Å². The molecule has 4 rings (SSSR count). The van der Waals surface area contributed by atoms with Crippen LogP contribution >= 0.6 is 0 Å². The third-order valence-corrected chi connectivity index (χ3v) is 6.01. The number of fused-ring (bicyclic) bond motifs is 2. The average molecular weight is 522 g/mol. The molecule has 1 N–H and O–H groups in total. The Labute approximate surface area is 210 Å². The molecule has 0 unspecified atom stereocenters. The fourth-order valence-electron chi connectivity index (χ4n) is 4.43. The highest BCUT2D eigenvalue weighted by Crippen LogP contribution is 2.50. The monoisotopic (exact) mass is 522 g/mol. The van der Waals surface area contributed by atoms with Crippen molar-refractivity contribution in [3.63, 3.8) is 0 Å². The maximum atomic E-state index is 13.2. The lowest BCUT2D eigenvalue weighted by atomic mass is 9.71. The molecule has 0 amide bonds. The van der Waals surface area contributed by atoms with E-state index in [-0.39, 0.29) is 6.79 Å². The Morgan fingerprint density at radius 1 is 1.05 bits per heavy atom. The number of alkyl halides is 3. The van der Waals surface area contributed by atoms with Crippen LogP contribution in [0.5, 0.6) is 28.7 Å². The zero-order valence-corrected chi connectivity index (χ0v) is 20.5. The van der Waals surface area contributed by atoms with E-state index in [4.69, 9.17) is 28.4 Å². The summed E-state index contributed by atoms with van der Waals surface area (Å²) in [6.07, 6.45) is -1.61. The molecule has 1 aliphatic heterocycles. The van der Waals surface area contributed by atoms with Gasteiger partial charge in [-0.05, 0) is 52.6 Å². The molecule has 198 valence electrons. The summed E-state index contributed by atoms with van der Waals surface area (Å²) in [5.41, 5.74) is 4.27. The van der Waals surface area contributed by atoms with Crippen molar-refractivity contribution in [2.45, 2.75) is 12.1 Å². The highest BCUT2D eigenvalue weighted by Gasteiger charge is 2.40. The highest BCUT2D eigenvalue weighted by molar-refractivity contribution is 5.97. The Balaban J connectivity index is 1.90. The van der Waals surface area contributed by atoms with Crippen LogP contribution in [0.15, 0.2) is 34.9 Å². The molecule has 2 aromatic carbocycles. The van der Waals surface area contributed by atoms with E-state index >= 15 is 0 Å². The Kier molecular flexibility index (Phi) is 7.37. The molecule has 2 atom stereocenters. The normalized spacial score (nSPS) is 18.2. The van der Waals surface area contributed by atoms with E-state index < -0.39 is 30.5 Å². The summed E-state index contributed by atoms with van der Waals surface area (Å²) < 4.78 is 70.5. The molecule has 0 aromatic heterocycles. The van der Waals surface area contributed by atoms with E-state index in [0.29, 0.717) is 51.0 Å². The minimum absolute atomic E-state index is 0.0346. The van der Waals surface area contributed by atoms with Crippen LogP contribution in [-0.4, -0.2) is 60.1 Å². The Bertz CT molecular complexity index is 1220. The smallest absolute Gasteiger partial charge is 0.407 e. The molecule has 0 spiro atoms. The summed E-state index contributed by atoms with van der Waals surface area (Å²) >= 11 is 0. The summed E-state index contributed by atoms with van der Waals surface area (Å²) in [6, 6.07) is 6.93. The summed E-state index contributed by atoms with van der Waals surface area (Å²) in [5, 5.41) is 3.72. The van der Waals surface area contributed by atoms with Crippen LogP contribution in [-0.2, 0) is 9.53 Å². The lowest BCUT2D eigenvalue weighted by Crippen LogP contribution is -2.31. The number of halogens is 3. The van der Waals surface area contributed by atoms with Gasteiger partial charge in [-0.3, -0.25) is 4.79 Å². The zero-order chi connectivity index (χ0) is 26.7. The van der Waals surface area contributed by atoms with Crippen molar-refractivity contribution in [1.29, 1.82) is 0 Å². The third-order valence-electron chi connectivity index (χ3n) is 6.01. The molecule has 0 saturated carbocycles. The molecule has 0 radical (unpaired) electrons. The van der Waals surface area contributed by atoms with Gasteiger partial charge in [0.05, 0.1) is 40.6 Å². The first-order valence-electron chi connectivity index (χ1n) is 11.1. The van der Waals surface area contributed by atoms with Crippen molar-refractivity contribution in [2.75, 3.05) is 41.8 Å². The number of nitrogens with one attached hydrogen (secondary N) is 1. The van der Waals surface area contributed by atoms with Gasteiger partial charge >= 0.3 is 12.1 Å². The Hall–Kier alpha value is -4.09. The highest BCUT2D eigenvalue weighted by atomic mass is 19.4. The van der Waals surface area contributed by atoms with Gasteiger partial charge in [0.1, 0.15) is 6.54 Å². The zero-order valence-electron chi connectivity index (χ0n) is 20.5. The van der Waals surface area contributed by atoms with Crippen molar-refractivity contribution in [3.8, 4) is 28.7 Å². The van der Waals surface area contributed by atoms with Gasteiger partial charge in [0, 0.05) is 5.92 Å². The molecule has 1 aliphatic carbocycles. The lowest BCUT2D eigenvalue weighted by Gasteiger charge is -2.32. The summed E-state index contributed by atoms with van der Waals surface area (Å²) in [5.74, 6) is -0.191. The standard InChI is InChI=1S/C25H25F3N2O7/c1-32-19-7-14(8-20(33-2)23(19)34-3)21-16-9-18-17(36-12-37-18)6-13(16)5-15(22(21)24(31)35-4)10-29-30-11-25(26,27)28/h5-10,21-22,30H,11-12H2,1-4H3/b29-10+/t21-,22-/m1/s1. The first kappa shape index (κ1) is 26.0. The van der Waals surface area contributed by atoms with Gasteiger partial charge in [-0.2, -0.15) is 18.3 Å². The minimum atomic E-state index is -4.46. The van der Waals surface area contributed by atoms with E-state index in [0.717, 1.165) is 0 Å². The molecular formula is C25H25F3N2O7. The Morgan fingerprint density at radius 2 is 1.70 bits per heavy atom. The molecule has 37 heavy (non-hydrogen) atoms. The number of methoxy groups -OCH3 is 4. The summed E-state index contributed by atoms with van der Waals surface area (Å²) in [6.45, 7) is -1.29. The maximum Gasteiger partial charge on any atom is 0.407 e. The first-order chi connectivity index (χ1) is 17.7. The van der Waals surface area contributed by atoms with Gasteiger partial charge in [0.25, 0.3) is 0 Å². The second-order valence-corrected chi connectivity index (χ2v) is 8.12. The number of carbonyl (C=O) groups is 1. The van der Waals surface area contributed by atoms with Crippen molar-refractivity contribution in [2.24, 2.45) is 11.0 Å². The van der Waals surface area contributed by atoms with Crippen LogP contribution in [0, 0.1) is 5.92 Å². The lowest BCUT2D eigenvalue weighted by molar-refractivity contribution is -0.144. The van der Waals surface area contributed by atoms with Gasteiger partial charge in [-0.25, -0.2) is 0 Å².